The number of aromatic nitrogens is 3. The van der Waals surface area contributed by atoms with Gasteiger partial charge in [-0.25, -0.2) is 4.98 Å². The van der Waals surface area contributed by atoms with Crippen LogP contribution < -0.4 is 0 Å². The topological polar surface area (TPSA) is 34.0 Å². The molecule has 43 heavy (non-hydrogen) atoms. The Morgan fingerprint density at radius 2 is 1.28 bits per heavy atom. The number of rotatable bonds is 7. The van der Waals surface area contributed by atoms with Gasteiger partial charge in [0.1, 0.15) is 5.54 Å². The third kappa shape index (κ3) is 4.72. The van der Waals surface area contributed by atoms with Gasteiger partial charge >= 0.3 is 0 Å². The molecule has 1 saturated heterocycles. The molecule has 8 rings (SSSR count). The van der Waals surface area contributed by atoms with Crippen LogP contribution in [0.15, 0.2) is 122 Å². The summed E-state index contributed by atoms with van der Waals surface area (Å²) in [5, 5.41) is 6.39. The first kappa shape index (κ1) is 26.6. The molecule has 4 nitrogen and oxygen atoms in total. The number of likely N-dealkylation sites (tertiary alicyclic amines) is 1. The fourth-order valence-corrected chi connectivity index (χ4v) is 8.39. The molecule has 1 aliphatic carbocycles. The van der Waals surface area contributed by atoms with Gasteiger partial charge in [-0.2, -0.15) is 5.10 Å². The maximum absolute atomic E-state index is 5.09. The van der Waals surface area contributed by atoms with Crippen LogP contribution in [-0.4, -0.2) is 38.8 Å². The SMILES string of the molecule is c1ccc(C(c2ccccc2)(c2ccccc2)n2cc(-c3ccc4nc(C5CC(N6CCCCC6)C5)sc4c3)cn2)cc1. The summed E-state index contributed by atoms with van der Waals surface area (Å²) < 4.78 is 3.42. The average Bonchev–Trinajstić information content (AvgIpc) is 3.71. The third-order valence-electron chi connectivity index (χ3n) is 9.61. The minimum Gasteiger partial charge on any atom is -0.300 e. The zero-order chi connectivity index (χ0) is 28.6. The molecule has 1 saturated carbocycles. The van der Waals surface area contributed by atoms with Gasteiger partial charge in [0, 0.05) is 23.7 Å². The molecule has 0 amide bonds. The summed E-state index contributed by atoms with van der Waals surface area (Å²) in [4.78, 5) is 7.82. The van der Waals surface area contributed by atoms with Gasteiger partial charge in [-0.15, -0.1) is 11.3 Å². The highest BCUT2D eigenvalue weighted by Gasteiger charge is 2.39. The van der Waals surface area contributed by atoms with Crippen LogP contribution in [0.4, 0.5) is 0 Å². The summed E-state index contributed by atoms with van der Waals surface area (Å²) in [6.45, 7) is 2.57. The third-order valence-corrected chi connectivity index (χ3v) is 10.8. The van der Waals surface area contributed by atoms with Gasteiger partial charge in [-0.3, -0.25) is 4.68 Å². The van der Waals surface area contributed by atoms with E-state index in [1.807, 2.05) is 17.5 Å². The van der Waals surface area contributed by atoms with Crippen molar-refractivity contribution in [2.45, 2.75) is 49.6 Å². The Morgan fingerprint density at radius 3 is 1.88 bits per heavy atom. The average molecular weight is 581 g/mol. The van der Waals surface area contributed by atoms with E-state index in [-0.39, 0.29) is 0 Å². The second-order valence-corrected chi connectivity index (χ2v) is 13.2. The quantitative estimate of drug-likeness (QED) is 0.177. The molecule has 2 fully saturated rings. The van der Waals surface area contributed by atoms with Gasteiger partial charge < -0.3 is 4.90 Å². The Balaban J connectivity index is 1.15. The lowest BCUT2D eigenvalue weighted by molar-refractivity contribution is 0.0888. The van der Waals surface area contributed by atoms with Gasteiger partial charge in [0.05, 0.1) is 21.4 Å². The van der Waals surface area contributed by atoms with Gasteiger partial charge in [0.2, 0.25) is 0 Å². The molecule has 0 spiro atoms. The highest BCUT2D eigenvalue weighted by atomic mass is 32.1. The van der Waals surface area contributed by atoms with E-state index in [0.29, 0.717) is 5.92 Å². The van der Waals surface area contributed by atoms with Gasteiger partial charge in [0.15, 0.2) is 0 Å². The number of hydrogen-bond donors (Lipinski definition) is 0. The van der Waals surface area contributed by atoms with Crippen LogP contribution in [0.1, 0.15) is 59.7 Å². The van der Waals surface area contributed by atoms with Crippen molar-refractivity contribution in [2.75, 3.05) is 13.1 Å². The number of piperidine rings is 1. The molecule has 2 aliphatic rings. The summed E-state index contributed by atoms with van der Waals surface area (Å²) in [6, 6.07) is 39.7. The van der Waals surface area contributed by atoms with Crippen molar-refractivity contribution in [1.29, 1.82) is 0 Å². The summed E-state index contributed by atoms with van der Waals surface area (Å²) in [6.07, 6.45) is 10.9. The zero-order valence-corrected chi connectivity index (χ0v) is 25.2. The number of fused-ring (bicyclic) bond motifs is 1. The van der Waals surface area contributed by atoms with E-state index in [2.05, 4.69) is 125 Å². The zero-order valence-electron chi connectivity index (χ0n) is 24.3. The largest absolute Gasteiger partial charge is 0.300 e. The van der Waals surface area contributed by atoms with Crippen molar-refractivity contribution < 1.29 is 0 Å². The van der Waals surface area contributed by atoms with E-state index >= 15 is 0 Å². The standard InChI is InChI=1S/C38H36N4S/c1-5-13-31(14-6-1)38(32-15-7-2-8-16-32,33-17-9-3-10-18-33)42-27-30(26-39-42)28-19-20-35-36(25-28)43-37(40-35)29-23-34(24-29)41-21-11-4-12-22-41/h1-3,5-10,13-20,25-27,29,34H,4,11-12,21-24H2. The summed E-state index contributed by atoms with van der Waals surface area (Å²) in [5.41, 5.74) is 6.31. The van der Waals surface area contributed by atoms with Crippen molar-refractivity contribution in [3.8, 4) is 11.1 Å². The Hall–Kier alpha value is -4.06. The Kier molecular flexibility index (Phi) is 6.93. The molecule has 2 aromatic heterocycles. The molecule has 0 radical (unpaired) electrons. The molecule has 214 valence electrons. The van der Waals surface area contributed by atoms with E-state index < -0.39 is 5.54 Å². The normalized spacial score (nSPS) is 19.3. The smallest absolute Gasteiger partial charge is 0.138 e. The Labute approximate surface area is 257 Å². The monoisotopic (exact) mass is 580 g/mol. The summed E-state index contributed by atoms with van der Waals surface area (Å²) in [5.74, 6) is 0.610. The van der Waals surface area contributed by atoms with E-state index in [1.54, 1.807) is 0 Å². The highest BCUT2D eigenvalue weighted by Crippen LogP contribution is 2.44. The van der Waals surface area contributed by atoms with E-state index in [1.165, 1.54) is 77.2 Å². The molecule has 1 aliphatic heterocycles. The molecule has 3 heterocycles. The minimum absolute atomic E-state index is 0.610. The second kappa shape index (κ2) is 11.2. The molecule has 0 N–H and O–H groups in total. The highest BCUT2D eigenvalue weighted by molar-refractivity contribution is 7.18. The van der Waals surface area contributed by atoms with E-state index in [4.69, 9.17) is 10.1 Å². The maximum Gasteiger partial charge on any atom is 0.138 e. The van der Waals surface area contributed by atoms with Crippen LogP contribution in [0.25, 0.3) is 21.3 Å². The first-order valence-corrected chi connectivity index (χ1v) is 16.5. The molecule has 6 aromatic rings. The van der Waals surface area contributed by atoms with Crippen LogP contribution >= 0.6 is 11.3 Å². The predicted molar refractivity (Wildman–Crippen MR) is 177 cm³/mol. The first-order valence-electron chi connectivity index (χ1n) is 15.7. The fourth-order valence-electron chi connectivity index (χ4n) is 7.26. The van der Waals surface area contributed by atoms with Gasteiger partial charge in [-0.1, -0.05) is 103 Å². The molecular weight excluding hydrogens is 545 g/mol. The number of nitrogens with zero attached hydrogens (tertiary/aromatic N) is 4. The predicted octanol–water partition coefficient (Wildman–Crippen LogP) is 8.73. The van der Waals surface area contributed by atoms with Crippen LogP contribution in [0.3, 0.4) is 0 Å². The van der Waals surface area contributed by atoms with Crippen LogP contribution in [0.5, 0.6) is 0 Å². The molecule has 0 unspecified atom stereocenters. The first-order chi connectivity index (χ1) is 21.3. The Bertz CT molecular complexity index is 1720. The summed E-state index contributed by atoms with van der Waals surface area (Å²) >= 11 is 1.88. The van der Waals surface area contributed by atoms with Gasteiger partial charge in [-0.05, 0) is 73.2 Å². The van der Waals surface area contributed by atoms with Crippen molar-refractivity contribution in [3.63, 3.8) is 0 Å². The second-order valence-electron chi connectivity index (χ2n) is 12.1. The molecule has 4 aromatic carbocycles. The fraction of sp³-hybridized carbons (Fsp3) is 0.263. The van der Waals surface area contributed by atoms with Crippen LogP contribution in [0, 0.1) is 0 Å². The van der Waals surface area contributed by atoms with Crippen molar-refractivity contribution >= 4 is 21.6 Å². The summed E-state index contributed by atoms with van der Waals surface area (Å²) in [7, 11) is 0. The lowest BCUT2D eigenvalue weighted by Crippen LogP contribution is -2.46. The van der Waals surface area contributed by atoms with E-state index in [0.717, 1.165) is 17.1 Å². The van der Waals surface area contributed by atoms with Crippen molar-refractivity contribution in [2.24, 2.45) is 0 Å². The molecule has 5 heteroatoms. The van der Waals surface area contributed by atoms with Crippen LogP contribution in [0.2, 0.25) is 0 Å². The number of thiazole rings is 1. The Morgan fingerprint density at radius 1 is 0.674 bits per heavy atom. The molecule has 0 atom stereocenters. The van der Waals surface area contributed by atoms with Gasteiger partial charge in [0.25, 0.3) is 0 Å². The van der Waals surface area contributed by atoms with E-state index in [9.17, 15) is 0 Å². The number of hydrogen-bond acceptors (Lipinski definition) is 4. The maximum atomic E-state index is 5.09. The van der Waals surface area contributed by atoms with Crippen molar-refractivity contribution in [1.82, 2.24) is 19.7 Å². The van der Waals surface area contributed by atoms with Crippen LogP contribution in [-0.2, 0) is 5.54 Å². The lowest BCUT2D eigenvalue weighted by Gasteiger charge is -2.43. The number of benzene rings is 4. The van der Waals surface area contributed by atoms with Crippen molar-refractivity contribution in [3.05, 3.63) is 143 Å². The molecule has 0 bridgehead atoms. The minimum atomic E-state index is -0.612. The molecular formula is C38H36N4S. The lowest BCUT2D eigenvalue weighted by atomic mass is 9.77.